The predicted octanol–water partition coefficient (Wildman–Crippen LogP) is 4.97. The number of hydrogen-bond donors (Lipinski definition) is 0. The summed E-state index contributed by atoms with van der Waals surface area (Å²) < 4.78 is 2.33. The van der Waals surface area contributed by atoms with Crippen LogP contribution in [0, 0.1) is 5.92 Å². The first-order chi connectivity index (χ1) is 12.2. The van der Waals surface area contributed by atoms with Crippen LogP contribution < -0.4 is 0 Å². The minimum atomic E-state index is 0.764. The number of rotatable bonds is 4. The van der Waals surface area contributed by atoms with Crippen molar-refractivity contribution in [3.05, 3.63) is 64.9 Å². The van der Waals surface area contributed by atoms with Gasteiger partial charge in [-0.1, -0.05) is 48.9 Å². The predicted molar refractivity (Wildman–Crippen MR) is 104 cm³/mol. The average Bonchev–Trinajstić information content (AvgIpc) is 2.95. The second kappa shape index (κ2) is 7.19. The van der Waals surface area contributed by atoms with Crippen molar-refractivity contribution in [3.8, 4) is 0 Å². The SMILES string of the molecule is CC1CCN(Cc2nc3ccc(Cl)cc3n2Cc2ccccc2)CC1. The van der Waals surface area contributed by atoms with E-state index in [0.29, 0.717) is 0 Å². The Kier molecular flexibility index (Phi) is 4.78. The summed E-state index contributed by atoms with van der Waals surface area (Å²) in [5.74, 6) is 1.98. The van der Waals surface area contributed by atoms with Crippen LogP contribution in [0.5, 0.6) is 0 Å². The maximum absolute atomic E-state index is 6.26. The molecule has 1 fully saturated rings. The molecule has 0 atom stereocenters. The third kappa shape index (κ3) is 3.73. The lowest BCUT2D eigenvalue weighted by atomic mass is 9.99. The van der Waals surface area contributed by atoms with E-state index in [-0.39, 0.29) is 0 Å². The normalized spacial score (nSPS) is 16.6. The number of hydrogen-bond acceptors (Lipinski definition) is 2. The summed E-state index contributed by atoms with van der Waals surface area (Å²) in [5, 5.41) is 0.764. The highest BCUT2D eigenvalue weighted by Crippen LogP contribution is 2.24. The van der Waals surface area contributed by atoms with Gasteiger partial charge in [0, 0.05) is 11.6 Å². The molecule has 0 amide bonds. The molecule has 1 saturated heterocycles. The summed E-state index contributed by atoms with van der Waals surface area (Å²) in [4.78, 5) is 7.46. The monoisotopic (exact) mass is 353 g/mol. The molecule has 1 aliphatic rings. The van der Waals surface area contributed by atoms with E-state index in [1.54, 1.807) is 0 Å². The van der Waals surface area contributed by atoms with Gasteiger partial charge in [-0.25, -0.2) is 4.98 Å². The first-order valence-corrected chi connectivity index (χ1v) is 9.48. The van der Waals surface area contributed by atoms with Crippen molar-refractivity contribution >= 4 is 22.6 Å². The van der Waals surface area contributed by atoms with Gasteiger partial charge in [0.1, 0.15) is 5.82 Å². The number of halogens is 1. The molecule has 0 aliphatic carbocycles. The van der Waals surface area contributed by atoms with Crippen molar-refractivity contribution in [2.45, 2.75) is 32.9 Å². The molecule has 4 rings (SSSR count). The van der Waals surface area contributed by atoms with Crippen LogP contribution >= 0.6 is 11.6 Å². The van der Waals surface area contributed by atoms with Gasteiger partial charge >= 0.3 is 0 Å². The maximum Gasteiger partial charge on any atom is 0.124 e. The molecule has 0 N–H and O–H groups in total. The molecule has 130 valence electrons. The Bertz CT molecular complexity index is 848. The van der Waals surface area contributed by atoms with E-state index in [9.17, 15) is 0 Å². The standard InChI is InChI=1S/C21H24ClN3/c1-16-9-11-24(12-10-16)15-21-23-19-8-7-18(22)13-20(19)25(21)14-17-5-3-2-4-6-17/h2-8,13,16H,9-12,14-15H2,1H3. The molecule has 1 aromatic heterocycles. The lowest BCUT2D eigenvalue weighted by molar-refractivity contribution is 0.180. The van der Waals surface area contributed by atoms with Gasteiger partial charge in [0.2, 0.25) is 0 Å². The highest BCUT2D eigenvalue weighted by Gasteiger charge is 2.19. The quantitative estimate of drug-likeness (QED) is 0.660. The van der Waals surface area contributed by atoms with E-state index in [1.807, 2.05) is 18.2 Å². The zero-order chi connectivity index (χ0) is 17.2. The number of imidazole rings is 1. The average molecular weight is 354 g/mol. The topological polar surface area (TPSA) is 21.1 Å². The number of likely N-dealkylation sites (tertiary alicyclic amines) is 1. The third-order valence-corrected chi connectivity index (χ3v) is 5.45. The van der Waals surface area contributed by atoms with E-state index in [2.05, 4.69) is 46.7 Å². The number of nitrogens with zero attached hydrogens (tertiary/aromatic N) is 3. The molecule has 0 unspecified atom stereocenters. The second-order valence-corrected chi connectivity index (χ2v) is 7.63. The van der Waals surface area contributed by atoms with Crippen LogP contribution in [0.4, 0.5) is 0 Å². The summed E-state index contributed by atoms with van der Waals surface area (Å²) in [7, 11) is 0. The molecule has 4 heteroatoms. The van der Waals surface area contributed by atoms with Crippen LogP contribution in [-0.2, 0) is 13.1 Å². The van der Waals surface area contributed by atoms with Gasteiger partial charge in [0.15, 0.2) is 0 Å². The maximum atomic E-state index is 6.26. The Morgan fingerprint density at radius 3 is 2.56 bits per heavy atom. The number of benzene rings is 2. The minimum Gasteiger partial charge on any atom is -0.322 e. The van der Waals surface area contributed by atoms with Gasteiger partial charge in [-0.3, -0.25) is 4.90 Å². The molecule has 2 heterocycles. The third-order valence-electron chi connectivity index (χ3n) is 5.21. The summed E-state index contributed by atoms with van der Waals surface area (Å²) in [6.45, 7) is 6.42. The Balaban J connectivity index is 1.68. The minimum absolute atomic E-state index is 0.764. The number of piperidine rings is 1. The fourth-order valence-electron chi connectivity index (χ4n) is 3.63. The summed E-state index contributed by atoms with van der Waals surface area (Å²) in [6.07, 6.45) is 2.56. The Morgan fingerprint density at radius 1 is 1.04 bits per heavy atom. The molecule has 0 saturated carbocycles. The van der Waals surface area contributed by atoms with E-state index in [0.717, 1.165) is 54.0 Å². The van der Waals surface area contributed by atoms with Crippen molar-refractivity contribution in [2.24, 2.45) is 5.92 Å². The van der Waals surface area contributed by atoms with Crippen LogP contribution in [0.3, 0.4) is 0 Å². The first-order valence-electron chi connectivity index (χ1n) is 9.10. The van der Waals surface area contributed by atoms with Crippen molar-refractivity contribution in [3.63, 3.8) is 0 Å². The van der Waals surface area contributed by atoms with E-state index in [4.69, 9.17) is 16.6 Å². The zero-order valence-corrected chi connectivity index (χ0v) is 15.4. The van der Waals surface area contributed by atoms with Gasteiger partial charge in [0.25, 0.3) is 0 Å². The summed E-state index contributed by atoms with van der Waals surface area (Å²) >= 11 is 6.26. The summed E-state index contributed by atoms with van der Waals surface area (Å²) in [5.41, 5.74) is 3.44. The first kappa shape index (κ1) is 16.6. The highest BCUT2D eigenvalue weighted by atomic mass is 35.5. The van der Waals surface area contributed by atoms with Crippen LogP contribution in [0.2, 0.25) is 5.02 Å². The fourth-order valence-corrected chi connectivity index (χ4v) is 3.80. The highest BCUT2D eigenvalue weighted by molar-refractivity contribution is 6.31. The Morgan fingerprint density at radius 2 is 1.80 bits per heavy atom. The second-order valence-electron chi connectivity index (χ2n) is 7.19. The number of fused-ring (bicyclic) bond motifs is 1. The number of aromatic nitrogens is 2. The van der Waals surface area contributed by atoms with Crippen molar-refractivity contribution in [2.75, 3.05) is 13.1 Å². The molecule has 0 bridgehead atoms. The lowest BCUT2D eigenvalue weighted by Gasteiger charge is -2.30. The zero-order valence-electron chi connectivity index (χ0n) is 14.7. The largest absolute Gasteiger partial charge is 0.322 e. The van der Waals surface area contributed by atoms with E-state index in [1.165, 1.54) is 18.4 Å². The van der Waals surface area contributed by atoms with E-state index >= 15 is 0 Å². The van der Waals surface area contributed by atoms with Crippen molar-refractivity contribution in [1.29, 1.82) is 0 Å². The molecule has 0 radical (unpaired) electrons. The van der Waals surface area contributed by atoms with Crippen molar-refractivity contribution in [1.82, 2.24) is 14.5 Å². The van der Waals surface area contributed by atoms with Gasteiger partial charge in [-0.05, 0) is 55.6 Å². The van der Waals surface area contributed by atoms with Crippen molar-refractivity contribution < 1.29 is 0 Å². The van der Waals surface area contributed by atoms with Gasteiger partial charge in [-0.2, -0.15) is 0 Å². The lowest BCUT2D eigenvalue weighted by Crippen LogP contribution is -2.33. The molecule has 25 heavy (non-hydrogen) atoms. The molecule has 0 spiro atoms. The van der Waals surface area contributed by atoms with Crippen LogP contribution in [0.15, 0.2) is 48.5 Å². The molecule has 2 aromatic carbocycles. The van der Waals surface area contributed by atoms with Crippen LogP contribution in [0.25, 0.3) is 11.0 Å². The fraction of sp³-hybridized carbons (Fsp3) is 0.381. The molecular weight excluding hydrogens is 330 g/mol. The van der Waals surface area contributed by atoms with Gasteiger partial charge in [0.05, 0.1) is 17.6 Å². The van der Waals surface area contributed by atoms with Crippen LogP contribution in [0.1, 0.15) is 31.2 Å². The van der Waals surface area contributed by atoms with Gasteiger partial charge < -0.3 is 4.57 Å². The molecule has 3 aromatic rings. The van der Waals surface area contributed by atoms with Gasteiger partial charge in [-0.15, -0.1) is 0 Å². The smallest absolute Gasteiger partial charge is 0.124 e. The molecule has 3 nitrogen and oxygen atoms in total. The van der Waals surface area contributed by atoms with Crippen LogP contribution in [-0.4, -0.2) is 27.5 Å². The molecule has 1 aliphatic heterocycles. The summed E-state index contributed by atoms with van der Waals surface area (Å²) in [6, 6.07) is 16.6. The molecular formula is C21H24ClN3. The Hall–Kier alpha value is -1.84. The Labute approximate surface area is 154 Å². The van der Waals surface area contributed by atoms with E-state index < -0.39 is 0 Å².